The van der Waals surface area contributed by atoms with Gasteiger partial charge in [-0.2, -0.15) is 11.3 Å². The highest BCUT2D eigenvalue weighted by Crippen LogP contribution is 2.26. The Bertz CT molecular complexity index is 648. The topological polar surface area (TPSA) is 73.4 Å². The summed E-state index contributed by atoms with van der Waals surface area (Å²) in [5, 5.41) is 17.4. The quantitative estimate of drug-likeness (QED) is 0.642. The monoisotopic (exact) mass is 345 g/mol. The molecule has 1 fully saturated rings. The third kappa shape index (κ3) is 4.02. The van der Waals surface area contributed by atoms with Crippen LogP contribution in [-0.4, -0.2) is 29.7 Å². The van der Waals surface area contributed by atoms with Crippen LogP contribution in [0.25, 0.3) is 0 Å². The molecule has 1 aliphatic rings. The first-order valence-electron chi connectivity index (χ1n) is 8.18. The van der Waals surface area contributed by atoms with Gasteiger partial charge in [0.1, 0.15) is 0 Å². The van der Waals surface area contributed by atoms with Crippen LogP contribution in [0.2, 0.25) is 0 Å². The molecule has 4 atom stereocenters. The van der Waals surface area contributed by atoms with Crippen LogP contribution in [0.1, 0.15) is 24.1 Å². The number of carbonyl (C=O) groups excluding carboxylic acids is 1. The van der Waals surface area contributed by atoms with E-state index in [1.54, 1.807) is 11.3 Å². The Labute approximate surface area is 146 Å². The number of benzene rings is 1. The van der Waals surface area contributed by atoms with Crippen molar-refractivity contribution in [3.05, 3.63) is 58.3 Å². The van der Waals surface area contributed by atoms with E-state index >= 15 is 0 Å². The average Bonchev–Trinajstić information content (AvgIpc) is 3.26. The number of hydrogen-bond donors (Lipinski definition) is 4. The molecule has 6 heteroatoms. The lowest BCUT2D eigenvalue weighted by molar-refractivity contribution is -0.126. The molecule has 1 aliphatic heterocycles. The molecule has 1 aromatic heterocycles. The highest BCUT2D eigenvalue weighted by molar-refractivity contribution is 7.08. The van der Waals surface area contributed by atoms with Crippen LogP contribution in [0.5, 0.6) is 0 Å². The second kappa shape index (κ2) is 7.90. The lowest BCUT2D eigenvalue weighted by Gasteiger charge is -2.24. The molecule has 0 bridgehead atoms. The van der Waals surface area contributed by atoms with Crippen molar-refractivity contribution in [3.8, 4) is 0 Å². The molecule has 2 aromatic rings. The van der Waals surface area contributed by atoms with E-state index in [4.69, 9.17) is 0 Å². The zero-order valence-corrected chi connectivity index (χ0v) is 14.4. The molecule has 128 valence electrons. The van der Waals surface area contributed by atoms with Crippen LogP contribution in [-0.2, 0) is 11.2 Å². The zero-order valence-electron chi connectivity index (χ0n) is 13.6. The summed E-state index contributed by atoms with van der Waals surface area (Å²) >= 11 is 1.62. The lowest BCUT2D eigenvalue weighted by Crippen LogP contribution is -2.46. The van der Waals surface area contributed by atoms with E-state index in [-0.39, 0.29) is 23.9 Å². The zero-order chi connectivity index (χ0) is 16.9. The van der Waals surface area contributed by atoms with Gasteiger partial charge in [-0.3, -0.25) is 10.2 Å². The van der Waals surface area contributed by atoms with Crippen LogP contribution in [0, 0.1) is 5.92 Å². The van der Waals surface area contributed by atoms with E-state index in [1.807, 2.05) is 48.7 Å². The van der Waals surface area contributed by atoms with Crippen molar-refractivity contribution in [3.63, 3.8) is 0 Å². The highest BCUT2D eigenvalue weighted by atomic mass is 32.1. The fourth-order valence-corrected chi connectivity index (χ4v) is 3.67. The van der Waals surface area contributed by atoms with E-state index in [1.165, 1.54) is 0 Å². The van der Waals surface area contributed by atoms with Gasteiger partial charge in [0.05, 0.1) is 24.1 Å². The fraction of sp³-hybridized carbons (Fsp3) is 0.389. The Balaban J connectivity index is 1.57. The van der Waals surface area contributed by atoms with E-state index < -0.39 is 6.10 Å². The van der Waals surface area contributed by atoms with E-state index in [0.717, 1.165) is 11.1 Å². The van der Waals surface area contributed by atoms with Crippen LogP contribution < -0.4 is 16.2 Å². The maximum atomic E-state index is 12.6. The van der Waals surface area contributed by atoms with Crippen molar-refractivity contribution < 1.29 is 9.90 Å². The first-order valence-corrected chi connectivity index (χ1v) is 9.12. The molecule has 4 N–H and O–H groups in total. The maximum Gasteiger partial charge on any atom is 0.226 e. The van der Waals surface area contributed by atoms with Crippen LogP contribution >= 0.6 is 11.3 Å². The van der Waals surface area contributed by atoms with Crippen LogP contribution in [0.3, 0.4) is 0 Å². The van der Waals surface area contributed by atoms with Crippen molar-refractivity contribution >= 4 is 17.2 Å². The summed E-state index contributed by atoms with van der Waals surface area (Å²) in [6.07, 6.45) is -0.0875. The number of hydrogen-bond acceptors (Lipinski definition) is 5. The van der Waals surface area contributed by atoms with Crippen molar-refractivity contribution in [2.45, 2.75) is 31.5 Å². The van der Waals surface area contributed by atoms with Gasteiger partial charge in [0, 0.05) is 13.0 Å². The van der Waals surface area contributed by atoms with Gasteiger partial charge < -0.3 is 10.4 Å². The number of rotatable bonds is 6. The molecule has 1 amide bonds. The molecule has 0 aliphatic carbocycles. The predicted molar refractivity (Wildman–Crippen MR) is 95.4 cm³/mol. The number of hydrazine groups is 1. The number of nitrogens with one attached hydrogen (secondary N) is 3. The van der Waals surface area contributed by atoms with Gasteiger partial charge in [-0.25, -0.2) is 5.43 Å². The van der Waals surface area contributed by atoms with Crippen molar-refractivity contribution in [2.75, 3.05) is 6.54 Å². The summed E-state index contributed by atoms with van der Waals surface area (Å²) in [5.41, 5.74) is 8.41. The molecule has 4 unspecified atom stereocenters. The summed E-state index contributed by atoms with van der Waals surface area (Å²) < 4.78 is 0. The molecule has 1 saturated heterocycles. The lowest BCUT2D eigenvalue weighted by atomic mass is 9.95. The molecule has 5 nitrogen and oxygen atoms in total. The average molecular weight is 345 g/mol. The summed E-state index contributed by atoms with van der Waals surface area (Å²) in [7, 11) is 0. The minimum atomic E-state index is -0.613. The number of aliphatic hydroxyl groups is 1. The SMILES string of the molecule is CC(NC(=O)C1CNNC1c1ccsc1)C(O)Cc1ccccc1. The molecule has 24 heavy (non-hydrogen) atoms. The van der Waals surface area contributed by atoms with Crippen LogP contribution in [0.15, 0.2) is 47.2 Å². The Hall–Kier alpha value is -1.73. The van der Waals surface area contributed by atoms with Gasteiger partial charge >= 0.3 is 0 Å². The second-order valence-electron chi connectivity index (χ2n) is 6.22. The Morgan fingerprint density at radius 1 is 1.38 bits per heavy atom. The number of thiophene rings is 1. The molecule has 0 spiro atoms. The van der Waals surface area contributed by atoms with E-state index in [9.17, 15) is 9.90 Å². The van der Waals surface area contributed by atoms with Gasteiger partial charge in [0.2, 0.25) is 5.91 Å². The van der Waals surface area contributed by atoms with Gasteiger partial charge in [0.15, 0.2) is 0 Å². The molecule has 0 radical (unpaired) electrons. The standard InChI is InChI=1S/C18H23N3O2S/c1-12(16(22)9-13-5-3-2-4-6-13)20-18(23)15-10-19-21-17(15)14-7-8-24-11-14/h2-8,11-12,15-17,19,21-22H,9-10H2,1H3,(H,20,23). The smallest absolute Gasteiger partial charge is 0.226 e. The maximum absolute atomic E-state index is 12.6. The Morgan fingerprint density at radius 3 is 2.88 bits per heavy atom. The third-order valence-corrected chi connectivity index (χ3v) is 5.16. The second-order valence-corrected chi connectivity index (χ2v) is 7.00. The minimum absolute atomic E-state index is 0.0327. The normalized spacial score (nSPS) is 22.9. The summed E-state index contributed by atoms with van der Waals surface area (Å²) in [5.74, 6) is -0.228. The Kier molecular flexibility index (Phi) is 5.63. The van der Waals surface area contributed by atoms with Crippen molar-refractivity contribution in [1.29, 1.82) is 0 Å². The molecule has 0 saturated carbocycles. The van der Waals surface area contributed by atoms with Gasteiger partial charge in [-0.1, -0.05) is 30.3 Å². The summed E-state index contributed by atoms with van der Waals surface area (Å²) in [6.45, 7) is 2.43. The molecular weight excluding hydrogens is 322 g/mol. The Morgan fingerprint density at radius 2 is 2.17 bits per heavy atom. The highest BCUT2D eigenvalue weighted by Gasteiger charge is 2.35. The van der Waals surface area contributed by atoms with Crippen LogP contribution in [0.4, 0.5) is 0 Å². The first-order chi connectivity index (χ1) is 11.6. The largest absolute Gasteiger partial charge is 0.391 e. The summed E-state index contributed by atoms with van der Waals surface area (Å²) in [4.78, 5) is 12.6. The van der Waals surface area contributed by atoms with E-state index in [0.29, 0.717) is 13.0 Å². The fourth-order valence-electron chi connectivity index (χ4n) is 2.97. The molecule has 2 heterocycles. The van der Waals surface area contributed by atoms with E-state index in [2.05, 4.69) is 21.5 Å². The first kappa shape index (κ1) is 17.1. The number of carbonyl (C=O) groups is 1. The van der Waals surface area contributed by atoms with Gasteiger partial charge in [0.25, 0.3) is 0 Å². The van der Waals surface area contributed by atoms with Crippen molar-refractivity contribution in [2.24, 2.45) is 5.92 Å². The third-order valence-electron chi connectivity index (χ3n) is 4.46. The summed E-state index contributed by atoms with van der Waals surface area (Å²) in [6, 6.07) is 11.5. The number of aliphatic hydroxyl groups excluding tert-OH is 1. The van der Waals surface area contributed by atoms with Crippen molar-refractivity contribution in [1.82, 2.24) is 16.2 Å². The predicted octanol–water partition coefficient (Wildman–Crippen LogP) is 1.62. The molecule has 3 rings (SSSR count). The number of amides is 1. The van der Waals surface area contributed by atoms with Gasteiger partial charge in [-0.05, 0) is 34.9 Å². The molecular formula is C18H23N3O2S. The molecule has 1 aromatic carbocycles. The van der Waals surface area contributed by atoms with Gasteiger partial charge in [-0.15, -0.1) is 0 Å². The minimum Gasteiger partial charge on any atom is -0.391 e.